The Balaban J connectivity index is 1.78. The molecule has 0 aliphatic carbocycles. The van der Waals surface area contributed by atoms with Gasteiger partial charge in [-0.3, -0.25) is 4.79 Å². The van der Waals surface area contributed by atoms with Crippen molar-refractivity contribution >= 4 is 40.4 Å². The summed E-state index contributed by atoms with van der Waals surface area (Å²) in [6, 6.07) is 5.37. The Hall–Kier alpha value is -1.14. The summed E-state index contributed by atoms with van der Waals surface area (Å²) in [5, 5.41) is 3.62. The van der Waals surface area contributed by atoms with Gasteiger partial charge in [-0.2, -0.15) is 0 Å². The Labute approximate surface area is 155 Å². The van der Waals surface area contributed by atoms with Crippen LogP contribution in [-0.4, -0.2) is 34.9 Å². The molecule has 0 radical (unpaired) electrons. The average Bonchev–Trinajstić information content (AvgIpc) is 3.04. The number of carbonyl (C=O) groups excluding carboxylic acids is 1. The van der Waals surface area contributed by atoms with Gasteiger partial charge in [0, 0.05) is 35.1 Å². The third kappa shape index (κ3) is 3.75. The standard InChI is InChI=1S/C17H19Cl2N3OS/c1-10(20)11-3-2-6-22(8-11)17(23)15-9-24-16(21-15)13-5-4-12(18)7-14(13)19/h4-5,7,9-11H,2-3,6,8,20H2,1H3. The van der Waals surface area contributed by atoms with E-state index in [1.807, 2.05) is 17.9 Å². The van der Waals surface area contributed by atoms with Crippen molar-refractivity contribution in [2.24, 2.45) is 11.7 Å². The summed E-state index contributed by atoms with van der Waals surface area (Å²) < 4.78 is 0. The normalized spacial score (nSPS) is 19.3. The van der Waals surface area contributed by atoms with E-state index in [0.29, 0.717) is 28.2 Å². The van der Waals surface area contributed by atoms with Crippen LogP contribution in [-0.2, 0) is 0 Å². The van der Waals surface area contributed by atoms with Gasteiger partial charge in [-0.25, -0.2) is 4.98 Å². The highest BCUT2D eigenvalue weighted by atomic mass is 35.5. The summed E-state index contributed by atoms with van der Waals surface area (Å²) in [5.41, 5.74) is 7.25. The molecule has 7 heteroatoms. The van der Waals surface area contributed by atoms with E-state index in [2.05, 4.69) is 4.98 Å². The lowest BCUT2D eigenvalue weighted by atomic mass is 9.92. The van der Waals surface area contributed by atoms with Crippen molar-refractivity contribution < 1.29 is 4.79 Å². The van der Waals surface area contributed by atoms with Crippen LogP contribution in [0.15, 0.2) is 23.6 Å². The van der Waals surface area contributed by atoms with E-state index in [1.165, 1.54) is 11.3 Å². The van der Waals surface area contributed by atoms with Crippen molar-refractivity contribution in [3.05, 3.63) is 39.3 Å². The van der Waals surface area contributed by atoms with E-state index < -0.39 is 0 Å². The van der Waals surface area contributed by atoms with Crippen molar-refractivity contribution in [2.45, 2.75) is 25.8 Å². The lowest BCUT2D eigenvalue weighted by Gasteiger charge is -2.34. The van der Waals surface area contributed by atoms with Crippen molar-refractivity contribution in [3.63, 3.8) is 0 Å². The number of likely N-dealkylation sites (tertiary alicyclic amines) is 1. The van der Waals surface area contributed by atoms with E-state index in [-0.39, 0.29) is 11.9 Å². The molecule has 2 unspecified atom stereocenters. The van der Waals surface area contributed by atoms with Gasteiger partial charge >= 0.3 is 0 Å². The fraction of sp³-hybridized carbons (Fsp3) is 0.412. The average molecular weight is 384 g/mol. The summed E-state index contributed by atoms with van der Waals surface area (Å²) in [5.74, 6) is 0.319. The molecule has 2 aromatic rings. The van der Waals surface area contributed by atoms with Crippen LogP contribution in [0.4, 0.5) is 0 Å². The first kappa shape index (κ1) is 17.7. The van der Waals surface area contributed by atoms with Gasteiger partial charge in [0.2, 0.25) is 0 Å². The van der Waals surface area contributed by atoms with E-state index in [4.69, 9.17) is 28.9 Å². The van der Waals surface area contributed by atoms with Crippen LogP contribution < -0.4 is 5.73 Å². The molecule has 1 saturated heterocycles. The quantitative estimate of drug-likeness (QED) is 0.858. The van der Waals surface area contributed by atoms with Crippen molar-refractivity contribution in [3.8, 4) is 10.6 Å². The van der Waals surface area contributed by atoms with Gasteiger partial charge in [0.25, 0.3) is 5.91 Å². The second-order valence-corrected chi connectivity index (χ2v) is 7.88. The molecule has 2 N–H and O–H groups in total. The predicted molar refractivity (Wildman–Crippen MR) is 99.8 cm³/mol. The maximum atomic E-state index is 12.7. The summed E-state index contributed by atoms with van der Waals surface area (Å²) in [4.78, 5) is 19.1. The van der Waals surface area contributed by atoms with Crippen LogP contribution in [0.2, 0.25) is 10.0 Å². The number of carbonyl (C=O) groups is 1. The van der Waals surface area contributed by atoms with Gasteiger partial charge in [-0.15, -0.1) is 11.3 Å². The second kappa shape index (κ2) is 7.40. The Morgan fingerprint density at radius 2 is 2.25 bits per heavy atom. The van der Waals surface area contributed by atoms with E-state index in [0.717, 1.165) is 30.0 Å². The molecule has 24 heavy (non-hydrogen) atoms. The predicted octanol–water partition coefficient (Wildman–Crippen LogP) is 4.32. The summed E-state index contributed by atoms with van der Waals surface area (Å²) in [7, 11) is 0. The van der Waals surface area contributed by atoms with Gasteiger partial charge in [-0.05, 0) is 43.9 Å². The number of hydrogen-bond donors (Lipinski definition) is 1. The smallest absolute Gasteiger partial charge is 0.273 e. The molecule has 1 aromatic carbocycles. The zero-order valence-corrected chi connectivity index (χ0v) is 15.7. The molecule has 1 aliphatic rings. The number of benzene rings is 1. The molecule has 2 heterocycles. The van der Waals surface area contributed by atoms with Crippen LogP contribution in [0.1, 0.15) is 30.3 Å². The number of amides is 1. The first-order chi connectivity index (χ1) is 11.5. The Morgan fingerprint density at radius 1 is 1.46 bits per heavy atom. The van der Waals surface area contributed by atoms with E-state index >= 15 is 0 Å². The van der Waals surface area contributed by atoms with Crippen LogP contribution in [0.5, 0.6) is 0 Å². The first-order valence-electron chi connectivity index (χ1n) is 7.91. The number of rotatable bonds is 3. The highest BCUT2D eigenvalue weighted by Gasteiger charge is 2.27. The maximum Gasteiger partial charge on any atom is 0.273 e. The van der Waals surface area contributed by atoms with Crippen LogP contribution in [0.25, 0.3) is 10.6 Å². The zero-order chi connectivity index (χ0) is 17.3. The molecule has 2 atom stereocenters. The first-order valence-corrected chi connectivity index (χ1v) is 9.55. The molecule has 4 nitrogen and oxygen atoms in total. The minimum absolute atomic E-state index is 0.0343. The Kier molecular flexibility index (Phi) is 5.45. The van der Waals surface area contributed by atoms with Gasteiger partial charge in [0.1, 0.15) is 10.7 Å². The maximum absolute atomic E-state index is 12.7. The Bertz CT molecular complexity index is 747. The van der Waals surface area contributed by atoms with Crippen molar-refractivity contribution in [2.75, 3.05) is 13.1 Å². The number of piperidine rings is 1. The fourth-order valence-corrected chi connectivity index (χ4v) is 4.33. The zero-order valence-electron chi connectivity index (χ0n) is 13.3. The number of hydrogen-bond acceptors (Lipinski definition) is 4. The highest BCUT2D eigenvalue weighted by Crippen LogP contribution is 2.32. The molecule has 0 saturated carbocycles. The molecule has 128 valence electrons. The third-order valence-corrected chi connectivity index (χ3v) is 5.80. The lowest BCUT2D eigenvalue weighted by molar-refractivity contribution is 0.0656. The number of aromatic nitrogens is 1. The molecule has 1 aliphatic heterocycles. The molecular formula is C17H19Cl2N3OS. The SMILES string of the molecule is CC(N)C1CCCN(C(=O)c2csc(-c3ccc(Cl)cc3Cl)n2)C1. The summed E-state index contributed by atoms with van der Waals surface area (Å²) >= 11 is 13.6. The minimum atomic E-state index is -0.0343. The monoisotopic (exact) mass is 383 g/mol. The van der Waals surface area contributed by atoms with Crippen LogP contribution >= 0.6 is 34.5 Å². The van der Waals surface area contributed by atoms with Crippen LogP contribution in [0.3, 0.4) is 0 Å². The molecule has 0 bridgehead atoms. The number of nitrogens with two attached hydrogens (primary N) is 1. The number of thiazole rings is 1. The van der Waals surface area contributed by atoms with Gasteiger partial charge in [-0.1, -0.05) is 23.2 Å². The number of halogens is 2. The largest absolute Gasteiger partial charge is 0.337 e. The van der Waals surface area contributed by atoms with Gasteiger partial charge < -0.3 is 10.6 Å². The molecule has 1 fully saturated rings. The third-order valence-electron chi connectivity index (χ3n) is 4.37. The molecule has 0 spiro atoms. The molecule has 1 amide bonds. The molecular weight excluding hydrogens is 365 g/mol. The molecule has 1 aromatic heterocycles. The lowest BCUT2D eigenvalue weighted by Crippen LogP contribution is -2.45. The topological polar surface area (TPSA) is 59.2 Å². The summed E-state index contributed by atoms with van der Waals surface area (Å²) in [6.07, 6.45) is 2.06. The van der Waals surface area contributed by atoms with Crippen molar-refractivity contribution in [1.29, 1.82) is 0 Å². The van der Waals surface area contributed by atoms with Crippen molar-refractivity contribution in [1.82, 2.24) is 9.88 Å². The van der Waals surface area contributed by atoms with Gasteiger partial charge in [0.15, 0.2) is 0 Å². The van der Waals surface area contributed by atoms with E-state index in [1.54, 1.807) is 17.5 Å². The van der Waals surface area contributed by atoms with Crippen LogP contribution in [0, 0.1) is 5.92 Å². The fourth-order valence-electron chi connectivity index (χ4n) is 2.94. The van der Waals surface area contributed by atoms with Gasteiger partial charge in [0.05, 0.1) is 5.02 Å². The summed E-state index contributed by atoms with van der Waals surface area (Å²) in [6.45, 7) is 3.46. The number of nitrogens with zero attached hydrogens (tertiary/aromatic N) is 2. The minimum Gasteiger partial charge on any atom is -0.337 e. The van der Waals surface area contributed by atoms with E-state index in [9.17, 15) is 4.79 Å². The second-order valence-electron chi connectivity index (χ2n) is 6.17. The highest BCUT2D eigenvalue weighted by molar-refractivity contribution is 7.13. The Morgan fingerprint density at radius 3 is 2.96 bits per heavy atom. The molecule has 3 rings (SSSR count).